The average molecular weight is 290 g/mol. The Hall–Kier alpha value is -1.58. The molecule has 0 spiro atoms. The molecular formula is C16H20ClN3. The third-order valence-corrected chi connectivity index (χ3v) is 3.64. The van der Waals surface area contributed by atoms with Crippen LogP contribution in [0, 0.1) is 0 Å². The zero-order valence-corrected chi connectivity index (χ0v) is 12.4. The Morgan fingerprint density at radius 3 is 2.75 bits per heavy atom. The number of halogens is 1. The number of benzene rings is 1. The van der Waals surface area contributed by atoms with E-state index in [-0.39, 0.29) is 6.04 Å². The number of aromatic nitrogens is 1. The van der Waals surface area contributed by atoms with Gasteiger partial charge in [-0.15, -0.1) is 0 Å². The van der Waals surface area contributed by atoms with Crippen molar-refractivity contribution in [2.75, 3.05) is 12.3 Å². The molecule has 1 heterocycles. The van der Waals surface area contributed by atoms with Crippen molar-refractivity contribution in [3.63, 3.8) is 0 Å². The highest BCUT2D eigenvalue weighted by Gasteiger charge is 2.16. The van der Waals surface area contributed by atoms with Crippen LogP contribution < -0.4 is 11.1 Å². The molecule has 106 valence electrons. The van der Waals surface area contributed by atoms with Crippen molar-refractivity contribution < 1.29 is 0 Å². The molecule has 3 nitrogen and oxygen atoms in total. The van der Waals surface area contributed by atoms with Crippen LogP contribution in [0.15, 0.2) is 42.6 Å². The van der Waals surface area contributed by atoms with Gasteiger partial charge in [-0.25, -0.2) is 4.98 Å². The van der Waals surface area contributed by atoms with E-state index in [4.69, 9.17) is 17.3 Å². The smallest absolute Gasteiger partial charge is 0.128 e. The monoisotopic (exact) mass is 289 g/mol. The Morgan fingerprint density at radius 2 is 2.05 bits per heavy atom. The van der Waals surface area contributed by atoms with Crippen LogP contribution in [0.3, 0.4) is 0 Å². The molecule has 0 aliphatic carbocycles. The Balaban J connectivity index is 2.24. The number of hydrogen-bond donors (Lipinski definition) is 2. The van der Waals surface area contributed by atoms with E-state index in [1.54, 1.807) is 6.20 Å². The summed E-state index contributed by atoms with van der Waals surface area (Å²) < 4.78 is 0. The molecule has 1 aromatic heterocycles. The van der Waals surface area contributed by atoms with Gasteiger partial charge in [-0.2, -0.15) is 0 Å². The van der Waals surface area contributed by atoms with Crippen molar-refractivity contribution in [3.8, 4) is 0 Å². The van der Waals surface area contributed by atoms with Crippen LogP contribution in [-0.2, 0) is 6.42 Å². The van der Waals surface area contributed by atoms with Gasteiger partial charge in [0.05, 0.1) is 0 Å². The van der Waals surface area contributed by atoms with Gasteiger partial charge in [-0.05, 0) is 37.1 Å². The number of nitrogens with two attached hydrogens (primary N) is 1. The molecule has 1 unspecified atom stereocenters. The van der Waals surface area contributed by atoms with Crippen molar-refractivity contribution in [1.29, 1.82) is 0 Å². The van der Waals surface area contributed by atoms with E-state index in [1.807, 2.05) is 30.3 Å². The van der Waals surface area contributed by atoms with Gasteiger partial charge in [0.1, 0.15) is 5.82 Å². The lowest BCUT2D eigenvalue weighted by Crippen LogP contribution is -2.25. The SMILES string of the molecule is CCCNC(Cc1ccccc1Cl)c1cccnc1N. The van der Waals surface area contributed by atoms with Gasteiger partial charge in [-0.3, -0.25) is 0 Å². The number of nitrogen functional groups attached to an aromatic ring is 1. The second kappa shape index (κ2) is 7.27. The van der Waals surface area contributed by atoms with Gasteiger partial charge in [-0.1, -0.05) is 42.8 Å². The first kappa shape index (κ1) is 14.8. The maximum atomic E-state index is 6.25. The normalized spacial score (nSPS) is 12.3. The average Bonchev–Trinajstić information content (AvgIpc) is 2.46. The molecule has 20 heavy (non-hydrogen) atoms. The zero-order chi connectivity index (χ0) is 14.4. The fourth-order valence-corrected chi connectivity index (χ4v) is 2.43. The Labute approximate surface area is 125 Å². The predicted octanol–water partition coefficient (Wildman–Crippen LogP) is 3.60. The van der Waals surface area contributed by atoms with E-state index in [2.05, 4.69) is 23.3 Å². The number of rotatable bonds is 6. The van der Waals surface area contributed by atoms with E-state index in [0.717, 1.165) is 35.5 Å². The maximum absolute atomic E-state index is 6.25. The van der Waals surface area contributed by atoms with Crippen molar-refractivity contribution in [1.82, 2.24) is 10.3 Å². The van der Waals surface area contributed by atoms with Crippen LogP contribution in [-0.4, -0.2) is 11.5 Å². The molecular weight excluding hydrogens is 270 g/mol. The summed E-state index contributed by atoms with van der Waals surface area (Å²) in [5.74, 6) is 0.577. The molecule has 0 amide bonds. The van der Waals surface area contributed by atoms with Crippen LogP contribution in [0.2, 0.25) is 5.02 Å². The topological polar surface area (TPSA) is 50.9 Å². The largest absolute Gasteiger partial charge is 0.383 e. The summed E-state index contributed by atoms with van der Waals surface area (Å²) in [6, 6.07) is 12.0. The molecule has 4 heteroatoms. The minimum atomic E-state index is 0.128. The third kappa shape index (κ3) is 3.71. The molecule has 0 saturated heterocycles. The van der Waals surface area contributed by atoms with E-state index in [0.29, 0.717) is 5.82 Å². The second-order valence-corrected chi connectivity index (χ2v) is 5.19. The van der Waals surface area contributed by atoms with Crippen molar-refractivity contribution in [2.45, 2.75) is 25.8 Å². The summed E-state index contributed by atoms with van der Waals surface area (Å²) in [5, 5.41) is 4.31. The zero-order valence-electron chi connectivity index (χ0n) is 11.6. The number of nitrogens with one attached hydrogen (secondary N) is 1. The number of nitrogens with zero attached hydrogens (tertiary/aromatic N) is 1. The first-order valence-corrected chi connectivity index (χ1v) is 7.27. The highest BCUT2D eigenvalue weighted by Crippen LogP contribution is 2.25. The lowest BCUT2D eigenvalue weighted by Gasteiger charge is -2.20. The van der Waals surface area contributed by atoms with E-state index >= 15 is 0 Å². The Bertz CT molecular complexity index is 557. The lowest BCUT2D eigenvalue weighted by atomic mass is 9.99. The molecule has 1 atom stereocenters. The summed E-state index contributed by atoms with van der Waals surface area (Å²) in [7, 11) is 0. The third-order valence-electron chi connectivity index (χ3n) is 3.27. The van der Waals surface area contributed by atoms with Crippen LogP contribution in [0.5, 0.6) is 0 Å². The Kier molecular flexibility index (Phi) is 5.39. The molecule has 2 rings (SSSR count). The number of pyridine rings is 1. The lowest BCUT2D eigenvalue weighted by molar-refractivity contribution is 0.529. The molecule has 3 N–H and O–H groups in total. The second-order valence-electron chi connectivity index (χ2n) is 4.78. The van der Waals surface area contributed by atoms with Crippen LogP contribution >= 0.6 is 11.6 Å². The summed E-state index contributed by atoms with van der Waals surface area (Å²) in [5.41, 5.74) is 8.15. The van der Waals surface area contributed by atoms with Gasteiger partial charge >= 0.3 is 0 Å². The van der Waals surface area contributed by atoms with Gasteiger partial charge < -0.3 is 11.1 Å². The minimum Gasteiger partial charge on any atom is -0.383 e. The molecule has 0 fully saturated rings. The van der Waals surface area contributed by atoms with Crippen LogP contribution in [0.25, 0.3) is 0 Å². The maximum Gasteiger partial charge on any atom is 0.128 e. The quantitative estimate of drug-likeness (QED) is 0.854. The van der Waals surface area contributed by atoms with Gasteiger partial charge in [0.25, 0.3) is 0 Å². The number of hydrogen-bond acceptors (Lipinski definition) is 3. The van der Waals surface area contributed by atoms with E-state index in [1.165, 1.54) is 0 Å². The summed E-state index contributed by atoms with van der Waals surface area (Å²) in [4.78, 5) is 4.18. The highest BCUT2D eigenvalue weighted by molar-refractivity contribution is 6.31. The van der Waals surface area contributed by atoms with Crippen LogP contribution in [0.1, 0.15) is 30.5 Å². The van der Waals surface area contributed by atoms with E-state index in [9.17, 15) is 0 Å². The van der Waals surface area contributed by atoms with Gasteiger partial charge in [0, 0.05) is 22.8 Å². The fourth-order valence-electron chi connectivity index (χ4n) is 2.22. The highest BCUT2D eigenvalue weighted by atomic mass is 35.5. The summed E-state index contributed by atoms with van der Waals surface area (Å²) in [6.45, 7) is 3.08. The van der Waals surface area contributed by atoms with E-state index < -0.39 is 0 Å². The van der Waals surface area contributed by atoms with Crippen LogP contribution in [0.4, 0.5) is 5.82 Å². The molecule has 0 aliphatic rings. The predicted molar refractivity (Wildman–Crippen MR) is 84.8 cm³/mol. The van der Waals surface area contributed by atoms with Gasteiger partial charge in [0.15, 0.2) is 0 Å². The summed E-state index contributed by atoms with van der Waals surface area (Å²) >= 11 is 6.25. The van der Waals surface area contributed by atoms with Crippen molar-refractivity contribution >= 4 is 17.4 Å². The van der Waals surface area contributed by atoms with Crippen molar-refractivity contribution in [3.05, 3.63) is 58.7 Å². The Morgan fingerprint density at radius 1 is 1.25 bits per heavy atom. The van der Waals surface area contributed by atoms with Gasteiger partial charge in [0.2, 0.25) is 0 Å². The molecule has 0 saturated carbocycles. The molecule has 0 aliphatic heterocycles. The fraction of sp³-hybridized carbons (Fsp3) is 0.312. The first-order chi connectivity index (χ1) is 9.72. The first-order valence-electron chi connectivity index (χ1n) is 6.89. The standard InChI is InChI=1S/C16H20ClN3/c1-2-9-19-15(13-7-5-10-20-16(13)18)11-12-6-3-4-8-14(12)17/h3-8,10,15,19H,2,9,11H2,1H3,(H2,18,20). The number of anilines is 1. The molecule has 2 aromatic rings. The molecule has 1 aromatic carbocycles. The molecule has 0 radical (unpaired) electrons. The molecule has 0 bridgehead atoms. The summed E-state index contributed by atoms with van der Waals surface area (Å²) in [6.07, 6.45) is 3.58. The van der Waals surface area contributed by atoms with Crippen molar-refractivity contribution in [2.24, 2.45) is 0 Å². The minimum absolute atomic E-state index is 0.128.